The number of allylic oxidation sites excluding steroid dienone is 1. The first kappa shape index (κ1) is 14.5. The summed E-state index contributed by atoms with van der Waals surface area (Å²) in [5, 5.41) is 0.192. The largest absolute Gasteiger partial charge is 0.316 e. The molecule has 0 saturated carbocycles. The molecule has 1 atom stereocenters. The molecule has 94 valence electrons. The molecule has 0 radical (unpaired) electrons. The third kappa shape index (κ3) is 2.02. The van der Waals surface area contributed by atoms with E-state index < -0.39 is 5.54 Å². The van der Waals surface area contributed by atoms with E-state index in [1.807, 2.05) is 49.6 Å². The summed E-state index contributed by atoms with van der Waals surface area (Å²) in [4.78, 5) is 12.8. The molecule has 1 aromatic rings. The van der Waals surface area contributed by atoms with Crippen molar-refractivity contribution < 1.29 is 4.79 Å². The van der Waals surface area contributed by atoms with Gasteiger partial charge in [0.05, 0.1) is 5.54 Å². The summed E-state index contributed by atoms with van der Waals surface area (Å²) in [6, 6.07) is 7.37. The van der Waals surface area contributed by atoms with Crippen LogP contribution in [0.25, 0.3) is 0 Å². The maximum atomic E-state index is 12.8. The van der Waals surface area contributed by atoms with Gasteiger partial charge in [-0.3, -0.25) is 4.79 Å². The van der Waals surface area contributed by atoms with E-state index in [1.54, 1.807) is 6.07 Å². The van der Waals surface area contributed by atoms with E-state index in [4.69, 9.17) is 17.3 Å². The normalized spacial score (nSPS) is 26.5. The fraction of sp³-hybridized carbons (Fsp3) is 0.250. The third-order valence-electron chi connectivity index (χ3n) is 4.41. The number of carbonyl (C=O) groups is 1. The van der Waals surface area contributed by atoms with Gasteiger partial charge in [-0.05, 0) is 18.1 Å². The van der Waals surface area contributed by atoms with Gasteiger partial charge in [-0.15, -0.1) is 5.47 Å². The predicted octanol–water partition coefficient (Wildman–Crippen LogP) is -1.67. The van der Waals surface area contributed by atoms with E-state index in [1.165, 1.54) is 0 Å². The van der Waals surface area contributed by atoms with Crippen molar-refractivity contribution in [2.45, 2.75) is 17.2 Å². The van der Waals surface area contributed by atoms with Gasteiger partial charge in [-0.25, -0.2) is 0 Å². The Morgan fingerprint density at radius 2 is 1.79 bits per heavy atom. The van der Waals surface area contributed by atoms with Gasteiger partial charge in [-0.1, -0.05) is 40.5 Å². The Hall–Kier alpha value is -0.860. The Labute approximate surface area is 122 Å². The summed E-state index contributed by atoms with van der Waals surface area (Å²) in [6.07, 6.45) is 0.798. The van der Waals surface area contributed by atoms with Gasteiger partial charge in [0, 0.05) is 5.02 Å². The quantitative estimate of drug-likeness (QED) is 0.619. The van der Waals surface area contributed by atoms with E-state index in [0.717, 1.165) is 22.9 Å². The first-order valence-electron chi connectivity index (χ1n) is 6.47. The van der Waals surface area contributed by atoms with Crippen LogP contribution in [0.5, 0.6) is 0 Å². The highest BCUT2D eigenvalue weighted by molar-refractivity contribution is 6.51. The lowest BCUT2D eigenvalue weighted by molar-refractivity contribution is -0.121. The maximum absolute atomic E-state index is 12.8. The van der Waals surface area contributed by atoms with Gasteiger partial charge >= 0.3 is 0 Å². The highest BCUT2D eigenvalue weighted by Gasteiger charge is 2.52. The van der Waals surface area contributed by atoms with Crippen LogP contribution in [0, 0.1) is 0 Å². The molecule has 1 aliphatic rings. The highest BCUT2D eigenvalue weighted by Crippen LogP contribution is 2.50. The average Bonchev–Trinajstić information content (AvgIpc) is 2.34. The SMILES string of the molecule is BC1=C(B)C(=O)C(N)(c2ccccc2Cl)C(B)(B)C1. The average molecular weight is 269 g/mol. The Bertz CT molecular complexity index is 587. The maximum Gasteiger partial charge on any atom is 0.172 e. The van der Waals surface area contributed by atoms with Crippen LogP contribution in [0.4, 0.5) is 0 Å². The van der Waals surface area contributed by atoms with Crippen molar-refractivity contribution in [1.82, 2.24) is 0 Å². The van der Waals surface area contributed by atoms with Crippen molar-refractivity contribution in [3.8, 4) is 0 Å². The zero-order chi connectivity index (χ0) is 14.4. The minimum atomic E-state index is -1.06. The molecule has 0 aromatic heterocycles. The molecule has 2 N–H and O–H groups in total. The molecule has 1 aromatic carbocycles. The summed E-state index contributed by atoms with van der Waals surface area (Å²) in [5.74, 6) is -0.0191. The summed E-state index contributed by atoms with van der Waals surface area (Å²) in [5.41, 5.74) is 8.13. The van der Waals surface area contributed by atoms with Crippen LogP contribution in [0.15, 0.2) is 35.2 Å². The molecule has 1 aliphatic carbocycles. The van der Waals surface area contributed by atoms with Gasteiger partial charge < -0.3 is 5.73 Å². The summed E-state index contributed by atoms with van der Waals surface area (Å²) >= 11 is 6.28. The van der Waals surface area contributed by atoms with Gasteiger partial charge in [0.25, 0.3) is 0 Å². The van der Waals surface area contributed by atoms with Crippen LogP contribution in [0.2, 0.25) is 10.2 Å². The van der Waals surface area contributed by atoms with Gasteiger partial charge in [0.1, 0.15) is 31.4 Å². The van der Waals surface area contributed by atoms with Crippen LogP contribution >= 0.6 is 11.6 Å². The molecular formula is C12H16B4ClNO. The summed E-state index contributed by atoms with van der Waals surface area (Å²) in [7, 11) is 7.92. The number of hydrogen-bond acceptors (Lipinski definition) is 2. The molecular weight excluding hydrogens is 253 g/mol. The fourth-order valence-electron chi connectivity index (χ4n) is 3.00. The molecule has 0 heterocycles. The number of hydrogen-bond donors (Lipinski definition) is 1. The molecule has 0 bridgehead atoms. The second-order valence-electron chi connectivity index (χ2n) is 6.08. The second kappa shape index (κ2) is 4.60. The molecule has 0 amide bonds. The van der Waals surface area contributed by atoms with E-state index >= 15 is 0 Å². The van der Waals surface area contributed by atoms with Crippen LogP contribution in [0.3, 0.4) is 0 Å². The number of ketones is 1. The van der Waals surface area contributed by atoms with Crippen LogP contribution < -0.4 is 5.73 Å². The molecule has 2 nitrogen and oxygen atoms in total. The Balaban J connectivity index is 2.71. The zero-order valence-electron chi connectivity index (χ0n) is 11.9. The number of halogens is 1. The molecule has 0 fully saturated rings. The Morgan fingerprint density at radius 3 is 2.37 bits per heavy atom. The number of benzene rings is 1. The molecule has 0 spiro atoms. The molecule has 7 heteroatoms. The lowest BCUT2D eigenvalue weighted by Crippen LogP contribution is -2.58. The lowest BCUT2D eigenvalue weighted by Gasteiger charge is -2.48. The van der Waals surface area contributed by atoms with Crippen molar-refractivity contribution in [1.29, 1.82) is 0 Å². The topological polar surface area (TPSA) is 43.1 Å². The first-order valence-corrected chi connectivity index (χ1v) is 6.84. The minimum absolute atomic E-state index is 0.0191. The predicted molar refractivity (Wildman–Crippen MR) is 90.8 cm³/mol. The van der Waals surface area contributed by atoms with Gasteiger partial charge in [0.2, 0.25) is 0 Å². The van der Waals surface area contributed by atoms with Crippen molar-refractivity contribution in [2.24, 2.45) is 5.73 Å². The van der Waals surface area contributed by atoms with E-state index in [0.29, 0.717) is 5.02 Å². The molecule has 2 rings (SSSR count). The number of rotatable bonds is 1. The van der Waals surface area contributed by atoms with Gasteiger partial charge in [-0.2, -0.15) is 0 Å². The van der Waals surface area contributed by atoms with Crippen molar-refractivity contribution in [3.63, 3.8) is 0 Å². The fourth-order valence-corrected chi connectivity index (χ4v) is 3.28. The molecule has 1 unspecified atom stereocenters. The molecule has 0 saturated heterocycles. The number of Topliss-reactive ketones (excluding diaryl/α,β-unsaturated/α-hetero) is 1. The Kier molecular flexibility index (Phi) is 3.53. The number of nitrogens with two attached hydrogens (primary N) is 1. The van der Waals surface area contributed by atoms with Crippen molar-refractivity contribution in [3.05, 3.63) is 45.8 Å². The van der Waals surface area contributed by atoms with Crippen molar-refractivity contribution >= 4 is 48.8 Å². The lowest BCUT2D eigenvalue weighted by atomic mass is 9.37. The van der Waals surface area contributed by atoms with Crippen LogP contribution in [0.1, 0.15) is 12.0 Å². The first-order chi connectivity index (χ1) is 8.72. The molecule has 19 heavy (non-hydrogen) atoms. The number of carbonyl (C=O) groups excluding carboxylic acids is 1. The Morgan fingerprint density at radius 1 is 1.21 bits per heavy atom. The zero-order valence-corrected chi connectivity index (χ0v) is 12.6. The van der Waals surface area contributed by atoms with Crippen LogP contribution in [-0.2, 0) is 10.3 Å². The third-order valence-corrected chi connectivity index (χ3v) is 4.74. The van der Waals surface area contributed by atoms with E-state index in [-0.39, 0.29) is 11.0 Å². The standard InChI is InChI=1S/C12H16B4ClNO/c13-7-5-11(15,16)12(18,10(19)9(7)14)6-3-1-2-4-8(6)17/h1-4H,5,13-16,18H2. The molecule has 0 aliphatic heterocycles. The van der Waals surface area contributed by atoms with E-state index in [9.17, 15) is 4.79 Å². The van der Waals surface area contributed by atoms with Gasteiger partial charge in [0.15, 0.2) is 5.78 Å². The monoisotopic (exact) mass is 269 g/mol. The summed E-state index contributed by atoms with van der Waals surface area (Å²) in [6.45, 7) is 0. The second-order valence-corrected chi connectivity index (χ2v) is 6.49. The van der Waals surface area contributed by atoms with Crippen molar-refractivity contribution in [2.75, 3.05) is 0 Å². The highest BCUT2D eigenvalue weighted by atomic mass is 35.5. The minimum Gasteiger partial charge on any atom is -0.316 e. The van der Waals surface area contributed by atoms with E-state index in [2.05, 4.69) is 0 Å². The van der Waals surface area contributed by atoms with Crippen LogP contribution in [-0.4, -0.2) is 37.2 Å². The smallest absolute Gasteiger partial charge is 0.172 e. The summed E-state index contributed by atoms with van der Waals surface area (Å²) < 4.78 is 0.